The van der Waals surface area contributed by atoms with Crippen LogP contribution >= 0.6 is 22.7 Å². The second-order valence-electron chi connectivity index (χ2n) is 11.5. The van der Waals surface area contributed by atoms with Crippen LogP contribution in [0.2, 0.25) is 0 Å². The Kier molecular flexibility index (Phi) is 7.39. The standard InChI is InChI=1S/C34H31N7O3S2/c1-44-34(43)37-16-29(42)41-13-3-5-28(41)33-36-15-27(40-33)20-8-6-19(7-9-20)22-17-45-31-23(18-46-30(22)31)21-10-11-24-26(14-21)39-32(38-24)25-4-2-12-35-25/h3,5-11,14-15,17-18,25,28,35H,2,4,12-13,16H2,1H3,(H,36,40)(H,37,43)(H,38,39). The van der Waals surface area contributed by atoms with Crippen LogP contribution in [0, 0.1) is 0 Å². The maximum absolute atomic E-state index is 12.7. The van der Waals surface area contributed by atoms with E-state index < -0.39 is 6.09 Å². The van der Waals surface area contributed by atoms with Gasteiger partial charge in [0.15, 0.2) is 0 Å². The first kappa shape index (κ1) is 28.7. The molecule has 1 fully saturated rings. The number of thiophene rings is 2. The van der Waals surface area contributed by atoms with Gasteiger partial charge in [-0.25, -0.2) is 14.8 Å². The van der Waals surface area contributed by atoms with Gasteiger partial charge in [0.2, 0.25) is 5.91 Å². The van der Waals surface area contributed by atoms with Crippen LogP contribution in [-0.4, -0.2) is 63.6 Å². The second-order valence-corrected chi connectivity index (χ2v) is 13.2. The van der Waals surface area contributed by atoms with Crippen molar-refractivity contribution in [2.45, 2.75) is 24.9 Å². The molecule has 0 saturated carbocycles. The van der Waals surface area contributed by atoms with Crippen LogP contribution in [-0.2, 0) is 9.53 Å². The molecule has 46 heavy (non-hydrogen) atoms. The molecule has 6 heterocycles. The van der Waals surface area contributed by atoms with Crippen molar-refractivity contribution in [1.29, 1.82) is 0 Å². The molecule has 8 rings (SSSR count). The van der Waals surface area contributed by atoms with Crippen molar-refractivity contribution in [3.63, 3.8) is 0 Å². The number of methoxy groups -OCH3 is 1. The molecule has 0 spiro atoms. The number of rotatable bonds is 7. The molecule has 6 aromatic rings. The third-order valence-corrected chi connectivity index (χ3v) is 10.9. The van der Waals surface area contributed by atoms with Gasteiger partial charge in [0, 0.05) is 28.4 Å². The molecule has 0 radical (unpaired) electrons. The zero-order chi connectivity index (χ0) is 31.2. The molecule has 0 aliphatic carbocycles. The first-order chi connectivity index (χ1) is 22.6. The van der Waals surface area contributed by atoms with E-state index in [2.05, 4.69) is 83.5 Å². The lowest BCUT2D eigenvalue weighted by molar-refractivity contribution is -0.130. The Bertz CT molecular complexity index is 2100. The van der Waals surface area contributed by atoms with E-state index in [1.165, 1.54) is 39.6 Å². The Morgan fingerprint density at radius 1 is 1.00 bits per heavy atom. The van der Waals surface area contributed by atoms with E-state index in [0.717, 1.165) is 46.6 Å². The lowest BCUT2D eigenvalue weighted by Gasteiger charge is -2.23. The van der Waals surface area contributed by atoms with Crippen LogP contribution in [0.15, 0.2) is 71.6 Å². The highest BCUT2D eigenvalue weighted by Gasteiger charge is 2.28. The Morgan fingerprint density at radius 2 is 1.76 bits per heavy atom. The summed E-state index contributed by atoms with van der Waals surface area (Å²) in [7, 11) is 1.27. The summed E-state index contributed by atoms with van der Waals surface area (Å²) in [6.07, 6.45) is 7.34. The third-order valence-electron chi connectivity index (χ3n) is 8.71. The van der Waals surface area contributed by atoms with Crippen molar-refractivity contribution in [3.05, 3.63) is 83.2 Å². The molecular formula is C34H31N7O3S2. The average Bonchev–Trinajstić information content (AvgIpc) is 3.92. The number of nitrogens with one attached hydrogen (secondary N) is 4. The molecule has 1 saturated heterocycles. The maximum atomic E-state index is 12.7. The first-order valence-corrected chi connectivity index (χ1v) is 17.0. The predicted octanol–water partition coefficient (Wildman–Crippen LogP) is 6.78. The number of amides is 2. The SMILES string of the molecule is COC(=O)NCC(=O)N1CC=CC1c1ncc(-c2ccc(-c3csc4c(-c5ccc6nc(C7CCCN7)[nH]c6c5)csc34)cc2)[nH]1. The number of alkyl carbamates (subject to hydrolysis) is 1. The molecular weight excluding hydrogens is 619 g/mol. The van der Waals surface area contributed by atoms with Gasteiger partial charge in [-0.1, -0.05) is 42.5 Å². The quantitative estimate of drug-likeness (QED) is 0.141. The molecule has 12 heteroatoms. The van der Waals surface area contributed by atoms with E-state index in [1.54, 1.807) is 33.8 Å². The highest BCUT2D eigenvalue weighted by Crippen LogP contribution is 2.44. The van der Waals surface area contributed by atoms with Gasteiger partial charge in [0.05, 0.1) is 45.5 Å². The van der Waals surface area contributed by atoms with Crippen LogP contribution in [0.3, 0.4) is 0 Å². The summed E-state index contributed by atoms with van der Waals surface area (Å²) in [5, 5.41) is 10.5. The van der Waals surface area contributed by atoms with Crippen molar-refractivity contribution in [1.82, 2.24) is 35.5 Å². The molecule has 2 amide bonds. The number of carbonyl (C=O) groups is 2. The van der Waals surface area contributed by atoms with E-state index in [1.807, 2.05) is 12.2 Å². The Morgan fingerprint density at radius 3 is 2.52 bits per heavy atom. The molecule has 2 atom stereocenters. The molecule has 2 aromatic carbocycles. The van der Waals surface area contributed by atoms with Gasteiger partial charge in [-0.05, 0) is 48.2 Å². The summed E-state index contributed by atoms with van der Waals surface area (Å²) in [5.74, 6) is 1.49. The fourth-order valence-electron chi connectivity index (χ4n) is 6.30. The minimum absolute atomic E-state index is 0.139. The zero-order valence-electron chi connectivity index (χ0n) is 25.0. The van der Waals surface area contributed by atoms with Gasteiger partial charge < -0.3 is 30.2 Å². The number of H-pyrrole nitrogens is 2. The van der Waals surface area contributed by atoms with Crippen LogP contribution in [0.1, 0.15) is 36.6 Å². The second kappa shape index (κ2) is 11.9. The number of ether oxygens (including phenoxy) is 1. The van der Waals surface area contributed by atoms with Gasteiger partial charge in [0.1, 0.15) is 24.2 Å². The van der Waals surface area contributed by atoms with Crippen LogP contribution in [0.5, 0.6) is 0 Å². The van der Waals surface area contributed by atoms with E-state index in [4.69, 9.17) is 4.98 Å². The van der Waals surface area contributed by atoms with Crippen LogP contribution in [0.4, 0.5) is 4.79 Å². The van der Waals surface area contributed by atoms with Gasteiger partial charge in [-0.2, -0.15) is 0 Å². The lowest BCUT2D eigenvalue weighted by Crippen LogP contribution is -2.40. The largest absolute Gasteiger partial charge is 0.453 e. The molecule has 2 aliphatic heterocycles. The average molecular weight is 650 g/mol. The number of hydrogen-bond donors (Lipinski definition) is 4. The van der Waals surface area contributed by atoms with Gasteiger partial charge in [-0.15, -0.1) is 22.7 Å². The third kappa shape index (κ3) is 5.17. The number of benzene rings is 2. The van der Waals surface area contributed by atoms with Crippen LogP contribution in [0.25, 0.3) is 53.9 Å². The van der Waals surface area contributed by atoms with Gasteiger partial charge >= 0.3 is 6.09 Å². The Labute approximate surface area is 272 Å². The molecule has 2 unspecified atom stereocenters. The molecule has 0 bridgehead atoms. The summed E-state index contributed by atoms with van der Waals surface area (Å²) in [4.78, 5) is 42.2. The highest BCUT2D eigenvalue weighted by atomic mass is 32.1. The number of hydrogen-bond acceptors (Lipinski definition) is 8. The molecule has 232 valence electrons. The molecule has 2 aliphatic rings. The van der Waals surface area contributed by atoms with E-state index in [9.17, 15) is 9.59 Å². The number of imidazole rings is 2. The fraction of sp³-hybridized carbons (Fsp3) is 0.235. The normalized spacial score (nSPS) is 17.8. The summed E-state index contributed by atoms with van der Waals surface area (Å²) in [6, 6.07) is 15.0. The van der Waals surface area contributed by atoms with Crippen LogP contribution < -0.4 is 10.6 Å². The van der Waals surface area contributed by atoms with Crippen molar-refractivity contribution in [2.24, 2.45) is 0 Å². The van der Waals surface area contributed by atoms with Crippen molar-refractivity contribution < 1.29 is 14.3 Å². The fourth-order valence-corrected chi connectivity index (χ4v) is 8.76. The van der Waals surface area contributed by atoms with Crippen molar-refractivity contribution in [3.8, 4) is 33.5 Å². The van der Waals surface area contributed by atoms with Gasteiger partial charge in [-0.3, -0.25) is 4.79 Å². The zero-order valence-corrected chi connectivity index (χ0v) is 26.6. The van der Waals surface area contributed by atoms with E-state index in [0.29, 0.717) is 18.4 Å². The minimum atomic E-state index is -0.638. The molecule has 10 nitrogen and oxygen atoms in total. The summed E-state index contributed by atoms with van der Waals surface area (Å²) in [6.45, 7) is 1.36. The summed E-state index contributed by atoms with van der Waals surface area (Å²) in [5.41, 5.74) is 8.81. The number of fused-ring (bicyclic) bond motifs is 2. The smallest absolute Gasteiger partial charge is 0.407 e. The summed E-state index contributed by atoms with van der Waals surface area (Å²) < 4.78 is 7.15. The minimum Gasteiger partial charge on any atom is -0.453 e. The van der Waals surface area contributed by atoms with Crippen molar-refractivity contribution >= 4 is 55.1 Å². The van der Waals surface area contributed by atoms with E-state index in [-0.39, 0.29) is 18.5 Å². The number of carbonyl (C=O) groups excluding carboxylic acids is 2. The topological polar surface area (TPSA) is 128 Å². The Balaban J connectivity index is 0.999. The number of aromatic amines is 2. The molecule has 4 N–H and O–H groups in total. The number of nitrogens with zero attached hydrogens (tertiary/aromatic N) is 3. The maximum Gasteiger partial charge on any atom is 0.407 e. The van der Waals surface area contributed by atoms with Crippen molar-refractivity contribution in [2.75, 3.05) is 26.7 Å². The van der Waals surface area contributed by atoms with E-state index >= 15 is 0 Å². The predicted molar refractivity (Wildman–Crippen MR) is 182 cm³/mol. The Hall–Kier alpha value is -4.78. The lowest BCUT2D eigenvalue weighted by atomic mass is 10.0. The highest BCUT2D eigenvalue weighted by molar-refractivity contribution is 7.27. The number of aromatic nitrogens is 4. The van der Waals surface area contributed by atoms with Gasteiger partial charge in [0.25, 0.3) is 0 Å². The first-order valence-electron chi connectivity index (χ1n) is 15.2. The summed E-state index contributed by atoms with van der Waals surface area (Å²) >= 11 is 3.57. The molecule has 4 aromatic heterocycles. The monoisotopic (exact) mass is 649 g/mol.